The van der Waals surface area contributed by atoms with Gasteiger partial charge in [-0.05, 0) is 25.1 Å². The highest BCUT2D eigenvalue weighted by molar-refractivity contribution is 5.54. The van der Waals surface area contributed by atoms with E-state index in [1.807, 2.05) is 29.8 Å². The van der Waals surface area contributed by atoms with Crippen molar-refractivity contribution < 1.29 is 9.50 Å². The van der Waals surface area contributed by atoms with E-state index in [0.29, 0.717) is 12.1 Å². The van der Waals surface area contributed by atoms with Gasteiger partial charge in [-0.25, -0.2) is 9.37 Å². The number of benzene rings is 1. The molecule has 2 aromatic rings. The van der Waals surface area contributed by atoms with Crippen LogP contribution in [-0.2, 0) is 13.6 Å². The summed E-state index contributed by atoms with van der Waals surface area (Å²) in [5, 5.41) is 9.74. The molecule has 1 unspecified atom stereocenters. The third-order valence-corrected chi connectivity index (χ3v) is 3.15. The third-order valence-electron chi connectivity index (χ3n) is 3.15. The van der Waals surface area contributed by atoms with Gasteiger partial charge in [0.05, 0.1) is 12.6 Å². The zero-order chi connectivity index (χ0) is 14.0. The maximum absolute atomic E-state index is 13.3. The molecule has 5 heteroatoms. The van der Waals surface area contributed by atoms with Gasteiger partial charge in [-0.2, -0.15) is 0 Å². The van der Waals surface area contributed by atoms with Crippen LogP contribution in [0.3, 0.4) is 0 Å². The summed E-state index contributed by atoms with van der Waals surface area (Å²) < 4.78 is 15.2. The van der Waals surface area contributed by atoms with Crippen molar-refractivity contribution in [1.29, 1.82) is 0 Å². The van der Waals surface area contributed by atoms with E-state index in [9.17, 15) is 9.50 Å². The maximum atomic E-state index is 13.3. The van der Waals surface area contributed by atoms with Crippen molar-refractivity contribution in [3.63, 3.8) is 0 Å². The van der Waals surface area contributed by atoms with E-state index in [0.717, 1.165) is 11.5 Å². The normalized spacial score (nSPS) is 12.5. The SMILES string of the molecule is CC(O)c1cc(F)ccc1N(C)Cc1nccn1C. The first kappa shape index (κ1) is 13.5. The van der Waals surface area contributed by atoms with Gasteiger partial charge in [0, 0.05) is 37.7 Å². The number of aryl methyl sites for hydroxylation is 1. The molecule has 1 atom stereocenters. The lowest BCUT2D eigenvalue weighted by molar-refractivity contribution is 0.199. The van der Waals surface area contributed by atoms with Crippen LogP contribution in [-0.4, -0.2) is 21.7 Å². The molecule has 1 heterocycles. The second-order valence-electron chi connectivity index (χ2n) is 4.69. The van der Waals surface area contributed by atoms with Crippen molar-refractivity contribution >= 4 is 5.69 Å². The van der Waals surface area contributed by atoms with E-state index in [2.05, 4.69) is 4.98 Å². The predicted molar refractivity (Wildman–Crippen MR) is 72.3 cm³/mol. The number of aliphatic hydroxyl groups excluding tert-OH is 1. The third kappa shape index (κ3) is 2.93. The Morgan fingerprint density at radius 3 is 2.79 bits per heavy atom. The average molecular weight is 263 g/mol. The largest absolute Gasteiger partial charge is 0.389 e. The molecule has 4 nitrogen and oxygen atoms in total. The van der Waals surface area contributed by atoms with Crippen LogP contribution < -0.4 is 4.90 Å². The number of nitrogens with zero attached hydrogens (tertiary/aromatic N) is 3. The molecule has 2 rings (SSSR count). The number of aromatic nitrogens is 2. The Kier molecular flexibility index (Phi) is 3.85. The van der Waals surface area contributed by atoms with Crippen molar-refractivity contribution in [2.24, 2.45) is 7.05 Å². The molecule has 1 aromatic carbocycles. The summed E-state index contributed by atoms with van der Waals surface area (Å²) in [6.45, 7) is 2.22. The minimum atomic E-state index is -0.713. The van der Waals surface area contributed by atoms with Gasteiger partial charge in [-0.1, -0.05) is 0 Å². The van der Waals surface area contributed by atoms with Crippen LogP contribution in [0.2, 0.25) is 0 Å². The Morgan fingerprint density at radius 1 is 1.47 bits per heavy atom. The highest BCUT2D eigenvalue weighted by Gasteiger charge is 2.14. The van der Waals surface area contributed by atoms with Gasteiger partial charge in [0.25, 0.3) is 0 Å². The summed E-state index contributed by atoms with van der Waals surface area (Å²) in [7, 11) is 3.82. The highest BCUT2D eigenvalue weighted by atomic mass is 19.1. The van der Waals surface area contributed by atoms with Crippen LogP contribution >= 0.6 is 0 Å². The van der Waals surface area contributed by atoms with Gasteiger partial charge < -0.3 is 14.6 Å². The van der Waals surface area contributed by atoms with Crippen LogP contribution in [0.1, 0.15) is 24.4 Å². The number of anilines is 1. The average Bonchev–Trinajstić information content (AvgIpc) is 2.74. The Balaban J connectivity index is 2.28. The number of imidazole rings is 1. The molecule has 0 bridgehead atoms. The first-order chi connectivity index (χ1) is 8.99. The van der Waals surface area contributed by atoms with Crippen molar-refractivity contribution in [2.75, 3.05) is 11.9 Å². The van der Waals surface area contributed by atoms with Crippen LogP contribution in [0.4, 0.5) is 10.1 Å². The molecule has 0 aliphatic carbocycles. The fourth-order valence-corrected chi connectivity index (χ4v) is 2.05. The van der Waals surface area contributed by atoms with E-state index in [4.69, 9.17) is 0 Å². The molecule has 0 fully saturated rings. The van der Waals surface area contributed by atoms with E-state index in [1.165, 1.54) is 12.1 Å². The summed E-state index contributed by atoms with van der Waals surface area (Å²) in [6, 6.07) is 4.45. The molecule has 1 aromatic heterocycles. The molecule has 19 heavy (non-hydrogen) atoms. The second-order valence-corrected chi connectivity index (χ2v) is 4.69. The van der Waals surface area contributed by atoms with Crippen LogP contribution in [0, 0.1) is 5.82 Å². The van der Waals surface area contributed by atoms with E-state index >= 15 is 0 Å². The van der Waals surface area contributed by atoms with Crippen molar-refractivity contribution in [2.45, 2.75) is 19.6 Å². The fraction of sp³-hybridized carbons (Fsp3) is 0.357. The number of halogens is 1. The number of hydrogen-bond acceptors (Lipinski definition) is 3. The van der Waals surface area contributed by atoms with Crippen LogP contribution in [0.25, 0.3) is 0 Å². The molecule has 0 spiro atoms. The molecule has 102 valence electrons. The number of hydrogen-bond donors (Lipinski definition) is 1. The maximum Gasteiger partial charge on any atom is 0.127 e. The predicted octanol–water partition coefficient (Wildman–Crippen LogP) is 2.25. The number of rotatable bonds is 4. The standard InChI is InChI=1S/C14H18FN3O/c1-10(19)12-8-11(15)4-5-13(12)18(3)9-14-16-6-7-17(14)2/h4-8,10,19H,9H2,1-3H3. The van der Waals surface area contributed by atoms with Crippen molar-refractivity contribution in [3.05, 3.63) is 47.8 Å². The summed E-state index contributed by atoms with van der Waals surface area (Å²) in [5.41, 5.74) is 1.39. The van der Waals surface area contributed by atoms with Gasteiger partial charge in [0.15, 0.2) is 0 Å². The Hall–Kier alpha value is -1.88. The van der Waals surface area contributed by atoms with Crippen LogP contribution in [0.5, 0.6) is 0 Å². The van der Waals surface area contributed by atoms with E-state index in [-0.39, 0.29) is 5.82 Å². The molecule has 0 aliphatic heterocycles. The van der Waals surface area contributed by atoms with Gasteiger partial charge in [-0.15, -0.1) is 0 Å². The molecule has 0 aliphatic rings. The van der Waals surface area contributed by atoms with E-state index < -0.39 is 6.10 Å². The number of aliphatic hydroxyl groups is 1. The molecular formula is C14H18FN3O. The Morgan fingerprint density at radius 2 is 2.21 bits per heavy atom. The molecule has 1 N–H and O–H groups in total. The van der Waals surface area contributed by atoms with Crippen LogP contribution in [0.15, 0.2) is 30.6 Å². The lowest BCUT2D eigenvalue weighted by atomic mass is 10.1. The van der Waals surface area contributed by atoms with Gasteiger partial charge >= 0.3 is 0 Å². The van der Waals surface area contributed by atoms with E-state index in [1.54, 1.807) is 19.2 Å². The molecule has 0 saturated carbocycles. The molecule has 0 radical (unpaired) electrons. The molecule has 0 amide bonds. The Labute approximate surface area is 112 Å². The fourth-order valence-electron chi connectivity index (χ4n) is 2.05. The summed E-state index contributed by atoms with van der Waals surface area (Å²) in [4.78, 5) is 6.21. The summed E-state index contributed by atoms with van der Waals surface area (Å²) in [5.74, 6) is 0.563. The first-order valence-electron chi connectivity index (χ1n) is 6.14. The topological polar surface area (TPSA) is 41.3 Å². The molecule has 0 saturated heterocycles. The second kappa shape index (κ2) is 5.40. The molecular weight excluding hydrogens is 245 g/mol. The summed E-state index contributed by atoms with van der Waals surface area (Å²) in [6.07, 6.45) is 2.90. The quantitative estimate of drug-likeness (QED) is 0.920. The lowest BCUT2D eigenvalue weighted by Gasteiger charge is -2.23. The Bertz CT molecular complexity index is 566. The van der Waals surface area contributed by atoms with Gasteiger partial charge in [0.1, 0.15) is 11.6 Å². The minimum Gasteiger partial charge on any atom is -0.389 e. The zero-order valence-corrected chi connectivity index (χ0v) is 11.3. The zero-order valence-electron chi connectivity index (χ0n) is 11.3. The monoisotopic (exact) mass is 263 g/mol. The minimum absolute atomic E-state index is 0.343. The first-order valence-corrected chi connectivity index (χ1v) is 6.14. The van der Waals surface area contributed by atoms with Crippen molar-refractivity contribution in [1.82, 2.24) is 9.55 Å². The lowest BCUT2D eigenvalue weighted by Crippen LogP contribution is -2.21. The smallest absolute Gasteiger partial charge is 0.127 e. The summed E-state index contributed by atoms with van der Waals surface area (Å²) >= 11 is 0. The highest BCUT2D eigenvalue weighted by Crippen LogP contribution is 2.27. The van der Waals surface area contributed by atoms with Gasteiger partial charge in [0.2, 0.25) is 0 Å². The van der Waals surface area contributed by atoms with Crippen molar-refractivity contribution in [3.8, 4) is 0 Å². The van der Waals surface area contributed by atoms with Gasteiger partial charge in [-0.3, -0.25) is 0 Å².